The number of benzene rings is 1. The Hall–Kier alpha value is -3.01. The van der Waals surface area contributed by atoms with Crippen LogP contribution in [0.5, 0.6) is 0 Å². The summed E-state index contributed by atoms with van der Waals surface area (Å²) in [4.78, 5) is 24.8. The van der Waals surface area contributed by atoms with Gasteiger partial charge >= 0.3 is 0 Å². The number of rotatable bonds is 0. The third-order valence-corrected chi connectivity index (χ3v) is 4.06. The first-order valence-corrected chi connectivity index (χ1v) is 6.74. The van der Waals surface area contributed by atoms with Gasteiger partial charge in [-0.15, -0.1) is 0 Å². The molecule has 0 atom stereocenters. The fourth-order valence-corrected chi connectivity index (χ4v) is 3.14. The van der Waals surface area contributed by atoms with E-state index in [2.05, 4.69) is 9.97 Å². The van der Waals surface area contributed by atoms with Crippen molar-refractivity contribution in [1.82, 2.24) is 15.0 Å². The van der Waals surface area contributed by atoms with Gasteiger partial charge < -0.3 is 4.98 Å². The quantitative estimate of drug-likeness (QED) is 0.439. The highest BCUT2D eigenvalue weighted by atomic mass is 16.1. The number of nitrogens with zero attached hydrogens (tertiary/aromatic N) is 2. The van der Waals surface area contributed by atoms with Crippen LogP contribution in [0.1, 0.15) is 16.1 Å². The SMILES string of the molecule is O=C1c2cc[nH]c2-c2nc3ccccc3c3ccnc1c23. The van der Waals surface area contributed by atoms with Gasteiger partial charge in [-0.3, -0.25) is 9.78 Å². The highest BCUT2D eigenvalue weighted by Crippen LogP contribution is 2.38. The molecule has 0 radical (unpaired) electrons. The highest BCUT2D eigenvalue weighted by Gasteiger charge is 2.28. The first kappa shape index (κ1) is 10.7. The number of nitrogens with one attached hydrogen (secondary N) is 1. The average molecular weight is 271 g/mol. The van der Waals surface area contributed by atoms with E-state index in [1.165, 1.54) is 0 Å². The maximum absolute atomic E-state index is 12.6. The molecule has 1 aliphatic carbocycles. The Morgan fingerprint density at radius 2 is 1.86 bits per heavy atom. The molecule has 0 unspecified atom stereocenters. The third-order valence-electron chi connectivity index (χ3n) is 4.06. The van der Waals surface area contributed by atoms with E-state index in [-0.39, 0.29) is 5.78 Å². The van der Waals surface area contributed by atoms with Gasteiger partial charge in [0.25, 0.3) is 0 Å². The first-order chi connectivity index (χ1) is 10.3. The third kappa shape index (κ3) is 1.22. The van der Waals surface area contributed by atoms with Crippen LogP contribution in [0.25, 0.3) is 33.1 Å². The summed E-state index contributed by atoms with van der Waals surface area (Å²) in [5.74, 6) is -0.0403. The summed E-state index contributed by atoms with van der Waals surface area (Å²) < 4.78 is 0. The van der Waals surface area contributed by atoms with E-state index < -0.39 is 0 Å². The first-order valence-electron chi connectivity index (χ1n) is 6.74. The van der Waals surface area contributed by atoms with Gasteiger partial charge in [0, 0.05) is 23.2 Å². The second kappa shape index (κ2) is 3.55. The average Bonchev–Trinajstić information content (AvgIpc) is 3.02. The van der Waals surface area contributed by atoms with Crippen LogP contribution in [-0.2, 0) is 0 Å². The van der Waals surface area contributed by atoms with Crippen LogP contribution in [0.15, 0.2) is 48.8 Å². The molecule has 4 heteroatoms. The summed E-state index contributed by atoms with van der Waals surface area (Å²) in [6.45, 7) is 0. The fraction of sp³-hybridized carbons (Fsp3) is 0. The molecule has 0 spiro atoms. The van der Waals surface area contributed by atoms with Gasteiger partial charge in [0.1, 0.15) is 5.69 Å². The molecule has 0 saturated heterocycles. The number of carbonyl (C=O) groups is 1. The van der Waals surface area contributed by atoms with E-state index in [4.69, 9.17) is 4.98 Å². The maximum Gasteiger partial charge on any atom is 0.214 e. The topological polar surface area (TPSA) is 58.6 Å². The lowest BCUT2D eigenvalue weighted by molar-refractivity contribution is 0.103. The van der Waals surface area contributed by atoms with E-state index in [1.807, 2.05) is 30.3 Å². The van der Waals surface area contributed by atoms with E-state index in [0.29, 0.717) is 11.3 Å². The van der Waals surface area contributed by atoms with Crippen molar-refractivity contribution in [2.75, 3.05) is 0 Å². The number of hydrogen-bond acceptors (Lipinski definition) is 3. The zero-order chi connectivity index (χ0) is 14.0. The predicted molar refractivity (Wildman–Crippen MR) is 80.3 cm³/mol. The van der Waals surface area contributed by atoms with Gasteiger partial charge in [0.05, 0.1) is 22.5 Å². The summed E-state index contributed by atoms with van der Waals surface area (Å²) >= 11 is 0. The van der Waals surface area contributed by atoms with Crippen molar-refractivity contribution in [2.24, 2.45) is 0 Å². The maximum atomic E-state index is 12.6. The van der Waals surface area contributed by atoms with Crippen molar-refractivity contribution < 1.29 is 4.79 Å². The van der Waals surface area contributed by atoms with Crippen molar-refractivity contribution >= 4 is 27.5 Å². The molecule has 3 heterocycles. The minimum absolute atomic E-state index is 0.0403. The van der Waals surface area contributed by atoms with Crippen LogP contribution in [0.4, 0.5) is 0 Å². The number of fused-ring (bicyclic) bond motifs is 4. The molecule has 3 aromatic heterocycles. The lowest BCUT2D eigenvalue weighted by Gasteiger charge is -2.16. The van der Waals surface area contributed by atoms with Crippen LogP contribution >= 0.6 is 0 Å². The molecule has 1 aliphatic rings. The highest BCUT2D eigenvalue weighted by molar-refractivity contribution is 6.26. The number of hydrogen-bond donors (Lipinski definition) is 1. The Morgan fingerprint density at radius 1 is 0.952 bits per heavy atom. The molecule has 4 nitrogen and oxygen atoms in total. The number of ketones is 1. The van der Waals surface area contributed by atoms with Gasteiger partial charge in [-0.05, 0) is 23.6 Å². The summed E-state index contributed by atoms with van der Waals surface area (Å²) in [5.41, 5.74) is 3.66. The van der Waals surface area contributed by atoms with Crippen molar-refractivity contribution in [3.63, 3.8) is 0 Å². The Bertz CT molecular complexity index is 1060. The molecule has 0 aliphatic heterocycles. The fourth-order valence-electron chi connectivity index (χ4n) is 3.14. The van der Waals surface area contributed by atoms with E-state index in [9.17, 15) is 4.79 Å². The Balaban J connectivity index is 2.13. The van der Waals surface area contributed by atoms with Gasteiger partial charge in [-0.2, -0.15) is 0 Å². The number of H-pyrrole nitrogens is 1. The molecular formula is C17H9N3O. The molecule has 98 valence electrons. The van der Waals surface area contributed by atoms with E-state index in [1.54, 1.807) is 18.5 Å². The summed E-state index contributed by atoms with van der Waals surface area (Å²) in [6, 6.07) is 11.7. The molecular weight excluding hydrogens is 262 g/mol. The van der Waals surface area contributed by atoms with Crippen molar-refractivity contribution in [3.05, 3.63) is 60.0 Å². The number of aromatic amines is 1. The largest absolute Gasteiger partial charge is 0.359 e. The molecule has 0 fully saturated rings. The lowest BCUT2D eigenvalue weighted by Crippen LogP contribution is -2.11. The Kier molecular flexibility index (Phi) is 1.81. The normalized spacial score (nSPS) is 12.9. The molecule has 0 bridgehead atoms. The number of aromatic nitrogens is 3. The van der Waals surface area contributed by atoms with Gasteiger partial charge in [-0.25, -0.2) is 4.98 Å². The molecule has 1 aromatic carbocycles. The lowest BCUT2D eigenvalue weighted by atomic mass is 9.92. The Labute approximate surface area is 119 Å². The van der Waals surface area contributed by atoms with Crippen molar-refractivity contribution in [2.45, 2.75) is 0 Å². The number of pyridine rings is 2. The van der Waals surface area contributed by atoms with Gasteiger partial charge in [0.2, 0.25) is 5.78 Å². The minimum atomic E-state index is -0.0403. The summed E-state index contributed by atoms with van der Waals surface area (Å²) in [6.07, 6.45) is 3.47. The standard InChI is InChI=1S/C17H9N3O/c21-17-11-6-8-18-14(11)15-13-10(5-7-19-16(13)17)9-3-1-2-4-12(9)20-15/h1-8,18H. The minimum Gasteiger partial charge on any atom is -0.359 e. The second-order valence-corrected chi connectivity index (χ2v) is 5.16. The predicted octanol–water partition coefficient (Wildman–Crippen LogP) is 3.32. The molecule has 0 saturated carbocycles. The van der Waals surface area contributed by atoms with E-state index in [0.717, 1.165) is 33.1 Å². The molecule has 21 heavy (non-hydrogen) atoms. The zero-order valence-electron chi connectivity index (χ0n) is 10.9. The molecule has 0 amide bonds. The molecule has 1 N–H and O–H groups in total. The van der Waals surface area contributed by atoms with Crippen LogP contribution < -0.4 is 0 Å². The second-order valence-electron chi connectivity index (χ2n) is 5.16. The van der Waals surface area contributed by atoms with Crippen molar-refractivity contribution in [3.8, 4) is 11.4 Å². The Morgan fingerprint density at radius 3 is 2.81 bits per heavy atom. The van der Waals surface area contributed by atoms with Crippen LogP contribution in [0.3, 0.4) is 0 Å². The molecule has 5 rings (SSSR count). The monoisotopic (exact) mass is 271 g/mol. The van der Waals surface area contributed by atoms with Gasteiger partial charge in [-0.1, -0.05) is 18.2 Å². The number of carbonyl (C=O) groups excluding carboxylic acids is 1. The van der Waals surface area contributed by atoms with Crippen LogP contribution in [0, 0.1) is 0 Å². The van der Waals surface area contributed by atoms with Crippen LogP contribution in [0.2, 0.25) is 0 Å². The van der Waals surface area contributed by atoms with E-state index >= 15 is 0 Å². The van der Waals surface area contributed by atoms with Crippen LogP contribution in [-0.4, -0.2) is 20.7 Å². The smallest absolute Gasteiger partial charge is 0.214 e. The van der Waals surface area contributed by atoms with Gasteiger partial charge in [0.15, 0.2) is 0 Å². The summed E-state index contributed by atoms with van der Waals surface area (Å²) in [7, 11) is 0. The number of para-hydroxylation sites is 1. The molecule has 4 aromatic rings. The zero-order valence-corrected chi connectivity index (χ0v) is 10.9. The summed E-state index contributed by atoms with van der Waals surface area (Å²) in [5, 5.41) is 2.91. The van der Waals surface area contributed by atoms with Crippen molar-refractivity contribution in [1.29, 1.82) is 0 Å².